The molecule has 3 atom stereocenters. The van der Waals surface area contributed by atoms with Crippen molar-refractivity contribution in [2.24, 2.45) is 5.92 Å². The number of piperazine rings is 1. The average Bonchev–Trinajstić information content (AvgIpc) is 3.60. The van der Waals surface area contributed by atoms with E-state index in [9.17, 15) is 9.18 Å². The van der Waals surface area contributed by atoms with E-state index >= 15 is 8.78 Å². The van der Waals surface area contributed by atoms with Crippen LogP contribution in [0.4, 0.5) is 19.0 Å². The fourth-order valence-corrected chi connectivity index (χ4v) is 6.90. The summed E-state index contributed by atoms with van der Waals surface area (Å²) in [5.74, 6) is -2.88. The molecule has 1 unspecified atom stereocenters. The molecule has 0 radical (unpaired) electrons. The standard InChI is InChI=1S/C33H35F3N6O2/c1-19-13-21-7-5-9-24(25(21)14-19)28-27(35)15-26-30(29(28)36)38-33(44-18-22-8-6-10-40(22)4)39-31(26)41-11-12-42(32(43)20(2)34)23(17-41)16-37-3/h5,7,9,15,19,22-23H,2,6,8,10-14,16-18H2,1,4H3/t19?,22-,23-/m0/s1. The van der Waals surface area contributed by atoms with Gasteiger partial charge in [0.2, 0.25) is 6.54 Å². The Bertz CT molecular complexity index is 1670. The molecule has 230 valence electrons. The third-order valence-electron chi connectivity index (χ3n) is 9.16. The molecule has 0 bridgehead atoms. The molecule has 3 aromatic rings. The highest BCUT2D eigenvalue weighted by molar-refractivity contribution is 5.95. The Morgan fingerprint density at radius 3 is 2.73 bits per heavy atom. The van der Waals surface area contributed by atoms with Crippen molar-refractivity contribution in [2.75, 3.05) is 51.3 Å². The van der Waals surface area contributed by atoms with Crippen molar-refractivity contribution >= 4 is 22.6 Å². The highest BCUT2D eigenvalue weighted by atomic mass is 19.1. The van der Waals surface area contributed by atoms with Gasteiger partial charge in [-0.05, 0) is 68.0 Å². The Labute approximate surface area is 254 Å². The Morgan fingerprint density at radius 2 is 2.00 bits per heavy atom. The van der Waals surface area contributed by atoms with Gasteiger partial charge in [-0.3, -0.25) is 4.79 Å². The quantitative estimate of drug-likeness (QED) is 0.273. The number of aromatic nitrogens is 2. The van der Waals surface area contributed by atoms with E-state index in [4.69, 9.17) is 11.3 Å². The summed E-state index contributed by atoms with van der Waals surface area (Å²) in [7, 11) is 2.02. The van der Waals surface area contributed by atoms with Gasteiger partial charge in [0.05, 0.1) is 5.56 Å². The van der Waals surface area contributed by atoms with Crippen LogP contribution in [0.25, 0.3) is 26.9 Å². The minimum atomic E-state index is -1.10. The summed E-state index contributed by atoms with van der Waals surface area (Å²) >= 11 is 0. The zero-order chi connectivity index (χ0) is 31.1. The smallest absolute Gasteiger partial charge is 0.319 e. The SMILES string of the molecule is [C-]#[N+]C[C@H]1CN(c2nc(OC[C@@H]3CCCN3C)nc3c(F)c(-c4cccc5c4CC(C)C5)c(F)cc23)CCN1C(=O)C(=C)F. The van der Waals surface area contributed by atoms with Crippen LogP contribution < -0.4 is 9.64 Å². The van der Waals surface area contributed by atoms with Crippen LogP contribution in [0, 0.1) is 24.1 Å². The summed E-state index contributed by atoms with van der Waals surface area (Å²) in [5.41, 5.74) is 2.37. The molecule has 3 heterocycles. The van der Waals surface area contributed by atoms with Crippen LogP contribution in [-0.4, -0.2) is 84.1 Å². The molecule has 0 N–H and O–H groups in total. The summed E-state index contributed by atoms with van der Waals surface area (Å²) in [5, 5.41) is 0.159. The van der Waals surface area contributed by atoms with Crippen molar-refractivity contribution in [1.29, 1.82) is 0 Å². The summed E-state index contributed by atoms with van der Waals surface area (Å²) < 4.78 is 52.5. The third-order valence-corrected chi connectivity index (χ3v) is 9.16. The second-order valence-corrected chi connectivity index (χ2v) is 12.2. The topological polar surface area (TPSA) is 66.2 Å². The van der Waals surface area contributed by atoms with E-state index in [0.717, 1.165) is 43.4 Å². The monoisotopic (exact) mass is 604 g/mol. The molecule has 2 aliphatic heterocycles. The average molecular weight is 605 g/mol. The van der Waals surface area contributed by atoms with Gasteiger partial charge >= 0.3 is 6.01 Å². The van der Waals surface area contributed by atoms with E-state index in [2.05, 4.69) is 33.2 Å². The van der Waals surface area contributed by atoms with Crippen LogP contribution in [0.2, 0.25) is 0 Å². The first kappa shape index (κ1) is 29.9. The molecule has 2 saturated heterocycles. The lowest BCUT2D eigenvalue weighted by Crippen LogP contribution is -2.56. The van der Waals surface area contributed by atoms with Gasteiger partial charge in [0.25, 0.3) is 5.91 Å². The van der Waals surface area contributed by atoms with Crippen molar-refractivity contribution in [3.8, 4) is 17.1 Å². The number of likely N-dealkylation sites (N-methyl/N-ethyl adjacent to an activating group) is 1. The maximum atomic E-state index is 16.6. The van der Waals surface area contributed by atoms with E-state index in [1.54, 1.807) is 11.0 Å². The maximum absolute atomic E-state index is 16.6. The lowest BCUT2D eigenvalue weighted by molar-refractivity contribution is -0.131. The van der Waals surface area contributed by atoms with Gasteiger partial charge in [-0.2, -0.15) is 9.97 Å². The predicted octanol–water partition coefficient (Wildman–Crippen LogP) is 5.20. The molecule has 2 fully saturated rings. The summed E-state index contributed by atoms with van der Waals surface area (Å²) in [6, 6.07) is 6.31. The number of fused-ring (bicyclic) bond motifs is 2. The molecule has 11 heteroatoms. The summed E-state index contributed by atoms with van der Waals surface area (Å²) in [6.07, 6.45) is 3.59. The fourth-order valence-electron chi connectivity index (χ4n) is 6.90. The minimum Gasteiger partial charge on any atom is -0.462 e. The Hall–Kier alpha value is -4.17. The number of carbonyl (C=O) groups excluding carboxylic acids is 1. The number of benzene rings is 2. The number of anilines is 1. The molecule has 3 aliphatic rings. The highest BCUT2D eigenvalue weighted by Crippen LogP contribution is 2.41. The lowest BCUT2D eigenvalue weighted by Gasteiger charge is -2.39. The van der Waals surface area contributed by atoms with E-state index in [1.807, 2.05) is 19.2 Å². The zero-order valence-corrected chi connectivity index (χ0v) is 25.0. The molecule has 8 nitrogen and oxygen atoms in total. The number of rotatable bonds is 7. The van der Waals surface area contributed by atoms with Crippen molar-refractivity contribution in [3.05, 3.63) is 70.8 Å². The van der Waals surface area contributed by atoms with Crippen LogP contribution in [0.5, 0.6) is 6.01 Å². The Kier molecular flexibility index (Phi) is 8.20. The third kappa shape index (κ3) is 5.47. The first-order chi connectivity index (χ1) is 21.2. The second kappa shape index (κ2) is 12.1. The highest BCUT2D eigenvalue weighted by Gasteiger charge is 2.36. The van der Waals surface area contributed by atoms with E-state index in [1.165, 1.54) is 11.0 Å². The van der Waals surface area contributed by atoms with Crippen LogP contribution in [0.15, 0.2) is 36.7 Å². The number of ether oxygens (including phenoxy) is 1. The number of hydrogen-bond acceptors (Lipinski definition) is 6. The Balaban J connectivity index is 1.45. The van der Waals surface area contributed by atoms with Crippen LogP contribution in [0.3, 0.4) is 0 Å². The minimum absolute atomic E-state index is 0.0338. The number of likely N-dealkylation sites (tertiary alicyclic amines) is 1. The van der Waals surface area contributed by atoms with Crippen molar-refractivity contribution in [2.45, 2.75) is 44.7 Å². The molecule has 1 amide bonds. The van der Waals surface area contributed by atoms with Gasteiger partial charge in [0.15, 0.2) is 11.6 Å². The van der Waals surface area contributed by atoms with Gasteiger partial charge in [-0.25, -0.2) is 19.7 Å². The molecular formula is C33H35F3N6O2. The molecule has 1 aromatic heterocycles. The van der Waals surface area contributed by atoms with E-state index < -0.39 is 29.4 Å². The van der Waals surface area contributed by atoms with E-state index in [-0.39, 0.29) is 60.5 Å². The summed E-state index contributed by atoms with van der Waals surface area (Å²) in [4.78, 5) is 30.3. The molecule has 0 spiro atoms. The van der Waals surface area contributed by atoms with Gasteiger partial charge in [0, 0.05) is 31.1 Å². The predicted molar refractivity (Wildman–Crippen MR) is 162 cm³/mol. The molecule has 44 heavy (non-hydrogen) atoms. The van der Waals surface area contributed by atoms with Gasteiger partial charge in [-0.1, -0.05) is 31.7 Å². The Morgan fingerprint density at radius 1 is 1.18 bits per heavy atom. The molecule has 1 aliphatic carbocycles. The number of nitrogens with zero attached hydrogens (tertiary/aromatic N) is 6. The largest absolute Gasteiger partial charge is 0.462 e. The summed E-state index contributed by atoms with van der Waals surface area (Å²) in [6.45, 7) is 14.2. The van der Waals surface area contributed by atoms with Gasteiger partial charge in [0.1, 0.15) is 29.8 Å². The van der Waals surface area contributed by atoms with Gasteiger partial charge < -0.3 is 24.3 Å². The number of hydrogen-bond donors (Lipinski definition) is 0. The van der Waals surface area contributed by atoms with Crippen LogP contribution in [0.1, 0.15) is 30.9 Å². The zero-order valence-electron chi connectivity index (χ0n) is 25.0. The molecule has 2 aromatic carbocycles. The van der Waals surface area contributed by atoms with Crippen LogP contribution >= 0.6 is 0 Å². The first-order valence-corrected chi connectivity index (χ1v) is 15.0. The van der Waals surface area contributed by atoms with Crippen molar-refractivity contribution < 1.29 is 22.7 Å². The van der Waals surface area contributed by atoms with Crippen LogP contribution in [-0.2, 0) is 17.6 Å². The van der Waals surface area contributed by atoms with Crippen molar-refractivity contribution in [1.82, 2.24) is 19.8 Å². The molecular weight excluding hydrogens is 569 g/mol. The maximum Gasteiger partial charge on any atom is 0.319 e. The first-order valence-electron chi connectivity index (χ1n) is 15.0. The second-order valence-electron chi connectivity index (χ2n) is 12.2. The van der Waals surface area contributed by atoms with Crippen molar-refractivity contribution in [3.63, 3.8) is 0 Å². The van der Waals surface area contributed by atoms with Gasteiger partial charge in [-0.15, -0.1) is 0 Å². The van der Waals surface area contributed by atoms with E-state index in [0.29, 0.717) is 18.1 Å². The normalized spacial score (nSPS) is 21.9. The number of halogens is 3. The molecule has 0 saturated carbocycles. The fraction of sp³-hybridized carbons (Fsp3) is 0.455. The number of carbonyl (C=O) groups is 1. The number of amides is 1. The lowest BCUT2D eigenvalue weighted by atomic mass is 9.94. The molecule has 6 rings (SSSR count).